The van der Waals surface area contributed by atoms with Crippen molar-refractivity contribution in [3.63, 3.8) is 0 Å². The molecule has 0 unspecified atom stereocenters. The van der Waals surface area contributed by atoms with E-state index in [2.05, 4.69) is 10.4 Å². The molecular weight excluding hydrogens is 360 g/mol. The molecule has 1 N–H and O–H groups in total. The van der Waals surface area contributed by atoms with E-state index in [1.165, 1.54) is 12.3 Å². The minimum Gasteiger partial charge on any atom is -0.323 e. The fourth-order valence-electron chi connectivity index (χ4n) is 1.47. The molecule has 5 nitrogen and oxygen atoms in total. The summed E-state index contributed by atoms with van der Waals surface area (Å²) >= 11 is 23.0. The van der Waals surface area contributed by atoms with Gasteiger partial charge in [-0.15, -0.1) is 0 Å². The lowest BCUT2D eigenvalue weighted by molar-refractivity contribution is -0.117. The molecule has 2 aromatic rings. The van der Waals surface area contributed by atoms with Crippen molar-refractivity contribution in [1.82, 2.24) is 9.78 Å². The van der Waals surface area contributed by atoms with Gasteiger partial charge in [0.1, 0.15) is 11.6 Å². The van der Waals surface area contributed by atoms with Crippen molar-refractivity contribution >= 4 is 58.0 Å². The number of halogens is 4. The maximum atomic E-state index is 11.9. The van der Waals surface area contributed by atoms with Gasteiger partial charge in [0, 0.05) is 5.02 Å². The first-order valence-corrected chi connectivity index (χ1v) is 7.05. The maximum absolute atomic E-state index is 11.9. The Bertz CT molecular complexity index is 761. The van der Waals surface area contributed by atoms with E-state index in [1.807, 2.05) is 0 Å². The molecule has 0 bridgehead atoms. The summed E-state index contributed by atoms with van der Waals surface area (Å²) in [5.74, 6) is -0.493. The lowest BCUT2D eigenvalue weighted by Crippen LogP contribution is -2.29. The van der Waals surface area contributed by atoms with E-state index in [4.69, 9.17) is 46.4 Å². The van der Waals surface area contributed by atoms with Crippen molar-refractivity contribution < 1.29 is 4.79 Å². The molecule has 1 aromatic heterocycles. The standard InChI is InChI=1S/C12H7Cl4N3O2/c13-6-1-2-9(7(14)3-6)18-10(20)5-19-12(21)11(16)8(15)4-17-19/h1-4H,5H2,(H,18,20). The summed E-state index contributed by atoms with van der Waals surface area (Å²) in [6.07, 6.45) is 1.19. The Labute approximate surface area is 139 Å². The van der Waals surface area contributed by atoms with Crippen molar-refractivity contribution in [2.75, 3.05) is 5.32 Å². The van der Waals surface area contributed by atoms with Crippen LogP contribution in [0.1, 0.15) is 0 Å². The van der Waals surface area contributed by atoms with Crippen LogP contribution in [0.2, 0.25) is 20.1 Å². The third-order valence-corrected chi connectivity index (χ3v) is 3.74. The lowest BCUT2D eigenvalue weighted by Gasteiger charge is -2.08. The lowest BCUT2D eigenvalue weighted by atomic mass is 10.3. The number of nitrogens with one attached hydrogen (secondary N) is 1. The molecule has 2 rings (SSSR count). The average Bonchev–Trinajstić information content (AvgIpc) is 2.43. The van der Waals surface area contributed by atoms with Crippen LogP contribution in [0.15, 0.2) is 29.2 Å². The van der Waals surface area contributed by atoms with Gasteiger partial charge in [0.15, 0.2) is 0 Å². The van der Waals surface area contributed by atoms with Crippen LogP contribution in [-0.4, -0.2) is 15.7 Å². The normalized spacial score (nSPS) is 10.5. The van der Waals surface area contributed by atoms with Crippen LogP contribution in [0.25, 0.3) is 0 Å². The Kier molecular flexibility index (Phi) is 5.11. The summed E-state index contributed by atoms with van der Waals surface area (Å²) < 4.78 is 0.896. The Hall–Kier alpha value is -1.27. The predicted octanol–water partition coefficient (Wildman–Crippen LogP) is 3.50. The average molecular weight is 367 g/mol. The molecule has 21 heavy (non-hydrogen) atoms. The number of aromatic nitrogens is 2. The molecule has 110 valence electrons. The fourth-order valence-corrected chi connectivity index (χ4v) is 2.20. The third-order valence-electron chi connectivity index (χ3n) is 2.44. The van der Waals surface area contributed by atoms with Crippen molar-refractivity contribution in [1.29, 1.82) is 0 Å². The molecule has 0 spiro atoms. The Morgan fingerprint density at radius 3 is 2.57 bits per heavy atom. The monoisotopic (exact) mass is 365 g/mol. The van der Waals surface area contributed by atoms with Gasteiger partial charge in [-0.1, -0.05) is 46.4 Å². The molecule has 9 heteroatoms. The quantitative estimate of drug-likeness (QED) is 0.904. The topological polar surface area (TPSA) is 64.0 Å². The zero-order chi connectivity index (χ0) is 15.6. The minimum atomic E-state index is -0.651. The second-order valence-corrected chi connectivity index (χ2v) is 5.57. The summed E-state index contributed by atoms with van der Waals surface area (Å²) in [5.41, 5.74) is -0.277. The molecule has 0 aliphatic rings. The zero-order valence-corrected chi connectivity index (χ0v) is 13.3. The summed E-state index contributed by atoms with van der Waals surface area (Å²) in [7, 11) is 0. The van der Waals surface area contributed by atoms with Gasteiger partial charge in [-0.2, -0.15) is 5.10 Å². The van der Waals surface area contributed by atoms with Crippen LogP contribution in [-0.2, 0) is 11.3 Å². The van der Waals surface area contributed by atoms with Crippen molar-refractivity contribution in [2.24, 2.45) is 0 Å². The van der Waals surface area contributed by atoms with Gasteiger partial charge in [-0.05, 0) is 18.2 Å². The number of amides is 1. The van der Waals surface area contributed by atoms with Gasteiger partial charge in [0.05, 0.1) is 21.9 Å². The first-order chi connectivity index (χ1) is 9.88. The molecule has 0 fully saturated rings. The number of hydrogen-bond donors (Lipinski definition) is 1. The summed E-state index contributed by atoms with van der Waals surface area (Å²) in [5, 5.41) is 6.84. The Balaban J connectivity index is 2.16. The second kappa shape index (κ2) is 6.66. The third kappa shape index (κ3) is 3.89. The van der Waals surface area contributed by atoms with Crippen molar-refractivity contribution in [2.45, 2.75) is 6.54 Å². The zero-order valence-electron chi connectivity index (χ0n) is 10.2. The SMILES string of the molecule is O=C(Cn1ncc(Cl)c(Cl)c1=O)Nc1ccc(Cl)cc1Cl. The summed E-state index contributed by atoms with van der Waals surface area (Å²) in [6.45, 7) is -0.325. The molecule has 0 aliphatic carbocycles. The van der Waals surface area contributed by atoms with Crippen LogP contribution in [0.3, 0.4) is 0 Å². The number of nitrogens with zero attached hydrogens (tertiary/aromatic N) is 2. The van der Waals surface area contributed by atoms with E-state index in [0.29, 0.717) is 10.7 Å². The maximum Gasteiger partial charge on any atom is 0.287 e. The van der Waals surface area contributed by atoms with Crippen molar-refractivity contribution in [3.8, 4) is 0 Å². The fraction of sp³-hybridized carbons (Fsp3) is 0.0833. The van der Waals surface area contributed by atoms with Gasteiger partial charge < -0.3 is 5.32 Å². The van der Waals surface area contributed by atoms with Crippen LogP contribution in [0.4, 0.5) is 5.69 Å². The highest BCUT2D eigenvalue weighted by Gasteiger charge is 2.12. The molecule has 1 amide bonds. The number of anilines is 1. The smallest absolute Gasteiger partial charge is 0.287 e. The van der Waals surface area contributed by atoms with Crippen LogP contribution >= 0.6 is 46.4 Å². The molecule has 0 saturated heterocycles. The molecule has 0 saturated carbocycles. The largest absolute Gasteiger partial charge is 0.323 e. The molecule has 1 heterocycles. The second-order valence-electron chi connectivity index (χ2n) is 3.94. The van der Waals surface area contributed by atoms with Crippen LogP contribution in [0.5, 0.6) is 0 Å². The Morgan fingerprint density at radius 1 is 1.19 bits per heavy atom. The van der Waals surface area contributed by atoms with Crippen LogP contribution < -0.4 is 10.9 Å². The highest BCUT2D eigenvalue weighted by Crippen LogP contribution is 2.25. The number of carbonyl (C=O) groups excluding carboxylic acids is 1. The molecule has 0 atom stereocenters. The van der Waals surface area contributed by atoms with E-state index in [0.717, 1.165) is 4.68 Å². The molecule has 0 radical (unpaired) electrons. The molecule has 1 aromatic carbocycles. The number of benzene rings is 1. The van der Waals surface area contributed by atoms with E-state index in [1.54, 1.807) is 12.1 Å². The molecule has 0 aliphatic heterocycles. The number of carbonyl (C=O) groups is 1. The van der Waals surface area contributed by atoms with Gasteiger partial charge in [-0.3, -0.25) is 9.59 Å². The highest BCUT2D eigenvalue weighted by atomic mass is 35.5. The highest BCUT2D eigenvalue weighted by molar-refractivity contribution is 6.41. The van der Waals surface area contributed by atoms with E-state index in [9.17, 15) is 9.59 Å². The first-order valence-electron chi connectivity index (χ1n) is 5.54. The predicted molar refractivity (Wildman–Crippen MR) is 83.6 cm³/mol. The Morgan fingerprint density at radius 2 is 1.90 bits per heavy atom. The van der Waals surface area contributed by atoms with E-state index < -0.39 is 11.5 Å². The van der Waals surface area contributed by atoms with Gasteiger partial charge >= 0.3 is 0 Å². The number of rotatable bonds is 3. The summed E-state index contributed by atoms with van der Waals surface area (Å²) in [4.78, 5) is 23.6. The first kappa shape index (κ1) is 16.1. The van der Waals surface area contributed by atoms with Gasteiger partial charge in [0.25, 0.3) is 5.56 Å². The van der Waals surface area contributed by atoms with Crippen LogP contribution in [0, 0.1) is 0 Å². The van der Waals surface area contributed by atoms with Gasteiger partial charge in [0.2, 0.25) is 5.91 Å². The summed E-state index contributed by atoms with van der Waals surface area (Å²) in [6, 6.07) is 4.61. The number of hydrogen-bond acceptors (Lipinski definition) is 3. The van der Waals surface area contributed by atoms with E-state index in [-0.39, 0.29) is 21.6 Å². The van der Waals surface area contributed by atoms with Crippen molar-refractivity contribution in [3.05, 3.63) is 54.8 Å². The minimum absolute atomic E-state index is 0.0269. The molecular formula is C12H7Cl4N3O2. The van der Waals surface area contributed by atoms with Gasteiger partial charge in [-0.25, -0.2) is 4.68 Å². The van der Waals surface area contributed by atoms with E-state index >= 15 is 0 Å².